The normalized spacial score (nSPS) is 11.7. The molecule has 0 bridgehead atoms. The number of benzene rings is 5. The van der Waals surface area contributed by atoms with E-state index in [-0.39, 0.29) is 5.56 Å². The minimum Gasteiger partial charge on any atom is -0.496 e. The maximum Gasteiger partial charge on any atom is 0.282 e. The Morgan fingerprint density at radius 3 is 2.41 bits per heavy atom. The fraction of sp³-hybridized carbons (Fsp3) is 0.0976. The summed E-state index contributed by atoms with van der Waals surface area (Å²) in [6.45, 7) is 4.56. The molecule has 0 unspecified atom stereocenters. The van der Waals surface area contributed by atoms with Crippen LogP contribution in [0.4, 0.5) is 0 Å². The Hall–Kier alpha value is -6.41. The van der Waals surface area contributed by atoms with Gasteiger partial charge in [0.25, 0.3) is 5.56 Å². The molecule has 0 saturated carbocycles. The van der Waals surface area contributed by atoms with Crippen LogP contribution in [0, 0.1) is 13.8 Å². The average molecular weight is 645 g/mol. The van der Waals surface area contributed by atoms with Crippen molar-refractivity contribution in [1.82, 2.24) is 14.2 Å². The van der Waals surface area contributed by atoms with E-state index in [2.05, 4.69) is 47.0 Å². The number of fused-ring (bicyclic) bond motifs is 3. The van der Waals surface area contributed by atoms with Gasteiger partial charge in [0.2, 0.25) is 5.82 Å². The van der Waals surface area contributed by atoms with Gasteiger partial charge in [-0.2, -0.15) is 9.78 Å². The van der Waals surface area contributed by atoms with E-state index in [0.717, 1.165) is 39.3 Å². The first kappa shape index (κ1) is 30.0. The summed E-state index contributed by atoms with van der Waals surface area (Å²) in [5, 5.41) is 8.35. The van der Waals surface area contributed by atoms with Crippen LogP contribution < -0.4 is 15.0 Å². The topological polar surface area (TPSA) is 83.8 Å². The van der Waals surface area contributed by atoms with Gasteiger partial charge in [0.05, 0.1) is 29.6 Å². The van der Waals surface area contributed by atoms with Crippen molar-refractivity contribution in [3.8, 4) is 28.8 Å². The Bertz CT molecular complexity index is 2590. The highest BCUT2D eigenvalue weighted by molar-refractivity contribution is 5.89. The van der Waals surface area contributed by atoms with Gasteiger partial charge in [0.1, 0.15) is 23.7 Å². The van der Waals surface area contributed by atoms with Crippen LogP contribution in [-0.2, 0) is 6.61 Å². The molecule has 0 aliphatic rings. The molecule has 3 aromatic heterocycles. The maximum absolute atomic E-state index is 13.8. The third kappa shape index (κ3) is 5.43. The van der Waals surface area contributed by atoms with Gasteiger partial charge < -0.3 is 18.5 Å². The number of aromatic nitrogens is 3. The van der Waals surface area contributed by atoms with Crippen molar-refractivity contribution in [2.45, 2.75) is 20.5 Å². The largest absolute Gasteiger partial charge is 0.496 e. The van der Waals surface area contributed by atoms with Crippen LogP contribution in [0.15, 0.2) is 136 Å². The van der Waals surface area contributed by atoms with E-state index in [1.54, 1.807) is 19.4 Å². The monoisotopic (exact) mass is 644 g/mol. The fourth-order valence-corrected chi connectivity index (χ4v) is 6.42. The summed E-state index contributed by atoms with van der Waals surface area (Å²) in [6, 6.07) is 39.4. The summed E-state index contributed by atoms with van der Waals surface area (Å²) in [5.74, 6) is 2.17. The van der Waals surface area contributed by atoms with Crippen LogP contribution in [-0.4, -0.2) is 27.6 Å². The second kappa shape index (κ2) is 12.3. The van der Waals surface area contributed by atoms with Crippen molar-refractivity contribution in [2.24, 2.45) is 5.10 Å². The smallest absolute Gasteiger partial charge is 0.282 e. The molecule has 240 valence electrons. The van der Waals surface area contributed by atoms with Crippen molar-refractivity contribution in [2.75, 3.05) is 7.11 Å². The van der Waals surface area contributed by atoms with E-state index < -0.39 is 0 Å². The fourth-order valence-electron chi connectivity index (χ4n) is 6.42. The first-order valence-corrected chi connectivity index (χ1v) is 16.0. The molecule has 0 N–H and O–H groups in total. The number of furan rings is 1. The molecule has 8 heteroatoms. The van der Waals surface area contributed by atoms with Crippen LogP contribution in [0.3, 0.4) is 0 Å². The van der Waals surface area contributed by atoms with Gasteiger partial charge in [0, 0.05) is 22.6 Å². The van der Waals surface area contributed by atoms with E-state index in [0.29, 0.717) is 40.4 Å². The molecule has 49 heavy (non-hydrogen) atoms. The van der Waals surface area contributed by atoms with Gasteiger partial charge in [-0.1, -0.05) is 60.7 Å². The van der Waals surface area contributed by atoms with Crippen molar-refractivity contribution >= 4 is 38.9 Å². The molecule has 8 rings (SSSR count). The lowest BCUT2D eigenvalue weighted by Gasteiger charge is -2.12. The number of nitrogens with zero attached hydrogens (tertiary/aromatic N) is 4. The van der Waals surface area contributed by atoms with Crippen molar-refractivity contribution in [1.29, 1.82) is 0 Å². The summed E-state index contributed by atoms with van der Waals surface area (Å²) in [4.78, 5) is 18.6. The number of hydrogen-bond acceptors (Lipinski definition) is 6. The number of hydrogen-bond donors (Lipinski definition) is 0. The molecule has 8 nitrogen and oxygen atoms in total. The number of para-hydroxylation sites is 1. The SMILES string of the molecule is COc1cccc2oc(-c3nc4ccccc4c(=O)n3N=Cc3cc(C)n(-c4ccc(OCc5cccc6ccccc56)cc4)c3C)cc12. The molecule has 0 aliphatic carbocycles. The van der Waals surface area contributed by atoms with Crippen LogP contribution in [0.25, 0.3) is 49.9 Å². The van der Waals surface area contributed by atoms with E-state index in [1.165, 1.54) is 15.4 Å². The summed E-state index contributed by atoms with van der Waals surface area (Å²) in [6.07, 6.45) is 1.70. The van der Waals surface area contributed by atoms with Crippen LogP contribution >= 0.6 is 0 Å². The second-order valence-electron chi connectivity index (χ2n) is 11.9. The number of methoxy groups -OCH3 is 1. The standard InChI is InChI=1S/C41H32N4O4/c1-26-22-30(27(2)44(26)31-18-20-32(21-19-31)48-25-29-12-8-11-28-10-4-5-13-33(28)29)24-42-45-40(43-36-15-7-6-14-34(36)41(45)46)39-23-35-37(47-3)16-9-17-38(35)49-39/h4-24H,25H2,1-3H3. The molecule has 0 spiro atoms. The summed E-state index contributed by atoms with van der Waals surface area (Å²) in [7, 11) is 1.61. The van der Waals surface area contributed by atoms with Gasteiger partial charge >= 0.3 is 0 Å². The highest BCUT2D eigenvalue weighted by atomic mass is 16.5. The van der Waals surface area contributed by atoms with Gasteiger partial charge in [-0.05, 0) is 90.8 Å². The molecule has 0 atom stereocenters. The van der Waals surface area contributed by atoms with Crippen LogP contribution in [0.1, 0.15) is 22.5 Å². The second-order valence-corrected chi connectivity index (χ2v) is 11.9. The molecule has 5 aromatic carbocycles. The van der Waals surface area contributed by atoms with E-state index in [9.17, 15) is 4.79 Å². The lowest BCUT2D eigenvalue weighted by Crippen LogP contribution is -2.20. The quantitative estimate of drug-likeness (QED) is 0.154. The Labute approximate surface area is 282 Å². The minimum atomic E-state index is -0.294. The van der Waals surface area contributed by atoms with Gasteiger partial charge in [-0.3, -0.25) is 4.79 Å². The van der Waals surface area contributed by atoms with Crippen LogP contribution in [0.5, 0.6) is 11.5 Å². The molecule has 3 heterocycles. The highest BCUT2D eigenvalue weighted by Crippen LogP contribution is 2.33. The van der Waals surface area contributed by atoms with E-state index in [4.69, 9.17) is 24.0 Å². The molecular formula is C41H32N4O4. The molecular weight excluding hydrogens is 612 g/mol. The number of ether oxygens (including phenoxy) is 2. The number of rotatable bonds is 8. The molecule has 0 aliphatic heterocycles. The van der Waals surface area contributed by atoms with Crippen molar-refractivity contribution < 1.29 is 13.9 Å². The zero-order valence-electron chi connectivity index (χ0n) is 27.3. The Morgan fingerprint density at radius 2 is 1.57 bits per heavy atom. The lowest BCUT2D eigenvalue weighted by atomic mass is 10.1. The highest BCUT2D eigenvalue weighted by Gasteiger charge is 2.18. The maximum atomic E-state index is 13.8. The van der Waals surface area contributed by atoms with Crippen molar-refractivity contribution in [3.63, 3.8) is 0 Å². The van der Waals surface area contributed by atoms with Gasteiger partial charge in [0.15, 0.2) is 5.76 Å². The van der Waals surface area contributed by atoms with E-state index >= 15 is 0 Å². The first-order valence-electron chi connectivity index (χ1n) is 16.0. The van der Waals surface area contributed by atoms with Gasteiger partial charge in [-0.15, -0.1) is 0 Å². The number of aryl methyl sites for hydroxylation is 1. The predicted molar refractivity (Wildman–Crippen MR) is 194 cm³/mol. The molecule has 8 aromatic rings. The van der Waals surface area contributed by atoms with Crippen LogP contribution in [0.2, 0.25) is 0 Å². The van der Waals surface area contributed by atoms with E-state index in [1.807, 2.05) is 86.6 Å². The molecule has 0 saturated heterocycles. The van der Waals surface area contributed by atoms with Crippen molar-refractivity contribution in [3.05, 3.63) is 154 Å². The first-order chi connectivity index (χ1) is 24.0. The summed E-state index contributed by atoms with van der Waals surface area (Å²) in [5.41, 5.74) is 5.90. The molecule has 0 radical (unpaired) electrons. The zero-order chi connectivity index (χ0) is 33.5. The zero-order valence-corrected chi connectivity index (χ0v) is 27.3. The minimum absolute atomic E-state index is 0.294. The third-order valence-electron chi connectivity index (χ3n) is 8.87. The predicted octanol–water partition coefficient (Wildman–Crippen LogP) is 8.84. The Morgan fingerprint density at radius 1 is 0.816 bits per heavy atom. The van der Waals surface area contributed by atoms with Gasteiger partial charge in [-0.25, -0.2) is 4.98 Å². The Balaban J connectivity index is 1.11. The third-order valence-corrected chi connectivity index (χ3v) is 8.87. The lowest BCUT2D eigenvalue weighted by molar-refractivity contribution is 0.307. The summed E-state index contributed by atoms with van der Waals surface area (Å²) >= 11 is 0. The Kier molecular flexibility index (Phi) is 7.53. The summed E-state index contributed by atoms with van der Waals surface area (Å²) < 4.78 is 21.4. The molecule has 0 amide bonds. The average Bonchev–Trinajstić information content (AvgIpc) is 3.70. The molecule has 0 fully saturated rings.